The Morgan fingerprint density at radius 3 is 2.13 bits per heavy atom. The summed E-state index contributed by atoms with van der Waals surface area (Å²) in [6.07, 6.45) is 4.82. The minimum absolute atomic E-state index is 0.0175. The second kappa shape index (κ2) is 11.7. The monoisotopic (exact) mass is 553 g/mol. The summed E-state index contributed by atoms with van der Waals surface area (Å²) in [6, 6.07) is 9.83. The lowest BCUT2D eigenvalue weighted by Gasteiger charge is -2.24. The van der Waals surface area contributed by atoms with Crippen molar-refractivity contribution in [1.29, 1.82) is 0 Å². The highest BCUT2D eigenvalue weighted by molar-refractivity contribution is 7.93. The first-order chi connectivity index (χ1) is 18.7. The average molecular weight is 554 g/mol. The molecule has 0 radical (unpaired) electrons. The van der Waals surface area contributed by atoms with Crippen LogP contribution in [0.5, 0.6) is 17.4 Å². The minimum Gasteiger partial charge on any atom is -0.494 e. The minimum atomic E-state index is -4.04. The van der Waals surface area contributed by atoms with Crippen LogP contribution in [0, 0.1) is 6.92 Å². The molecule has 0 aliphatic carbocycles. The molecule has 3 heterocycles. The number of benzene rings is 1. The fraction of sp³-hybridized carbons (Fsp3) is 0.308. The molecular formula is C26H31N7O5S. The van der Waals surface area contributed by atoms with E-state index >= 15 is 0 Å². The van der Waals surface area contributed by atoms with Gasteiger partial charge < -0.3 is 19.5 Å². The van der Waals surface area contributed by atoms with Gasteiger partial charge in [-0.15, -0.1) is 0 Å². The molecule has 0 saturated carbocycles. The van der Waals surface area contributed by atoms with E-state index in [1.807, 2.05) is 6.92 Å². The third kappa shape index (κ3) is 5.64. The van der Waals surface area contributed by atoms with Crippen LogP contribution < -0.4 is 24.2 Å². The molecule has 3 aromatic heterocycles. The smallest absolute Gasteiger partial charge is 0.239 e. The van der Waals surface area contributed by atoms with Crippen LogP contribution in [0.2, 0.25) is 0 Å². The van der Waals surface area contributed by atoms with Gasteiger partial charge in [0.25, 0.3) is 0 Å². The summed E-state index contributed by atoms with van der Waals surface area (Å²) in [4.78, 5) is 17.6. The normalized spacial score (nSPS) is 13.0. The first-order valence-electron chi connectivity index (χ1n) is 12.0. The highest BCUT2D eigenvalue weighted by Crippen LogP contribution is 2.38. The number of hydrogen-bond acceptors (Lipinski definition) is 10. The number of sulfonamides is 1. The van der Waals surface area contributed by atoms with Crippen molar-refractivity contribution in [2.24, 2.45) is 0 Å². The molecule has 0 amide bonds. The number of nitrogens with zero attached hydrogens (tertiary/aromatic N) is 5. The number of pyridine rings is 1. The lowest BCUT2D eigenvalue weighted by Crippen LogP contribution is -2.38. The maximum Gasteiger partial charge on any atom is 0.239 e. The SMILES string of the molecule is CNC(c1ncc(C)cn1)C(C)S(=O)(=O)Nc1ncc(-c2cccc(OC)n2)n1-c1c(OC)cccc1OC. The summed E-state index contributed by atoms with van der Waals surface area (Å²) in [5.74, 6) is 1.64. The van der Waals surface area contributed by atoms with Crippen molar-refractivity contribution >= 4 is 16.0 Å². The van der Waals surface area contributed by atoms with Gasteiger partial charge in [0.2, 0.25) is 21.9 Å². The van der Waals surface area contributed by atoms with Gasteiger partial charge in [-0.3, -0.25) is 9.29 Å². The summed E-state index contributed by atoms with van der Waals surface area (Å²) in [7, 11) is 2.18. The van der Waals surface area contributed by atoms with Crippen LogP contribution in [0.3, 0.4) is 0 Å². The molecule has 0 spiro atoms. The molecule has 4 rings (SSSR count). The highest BCUT2D eigenvalue weighted by Gasteiger charge is 2.33. The van der Waals surface area contributed by atoms with Crippen LogP contribution in [0.25, 0.3) is 17.1 Å². The number of ether oxygens (including phenoxy) is 3. The molecule has 1 aromatic carbocycles. The first-order valence-corrected chi connectivity index (χ1v) is 13.6. The molecule has 0 bridgehead atoms. The summed E-state index contributed by atoms with van der Waals surface area (Å²) < 4.78 is 48.3. The van der Waals surface area contributed by atoms with Crippen LogP contribution in [-0.4, -0.2) is 66.5 Å². The van der Waals surface area contributed by atoms with Gasteiger partial charge in [-0.1, -0.05) is 12.1 Å². The fourth-order valence-corrected chi connectivity index (χ4v) is 5.29. The van der Waals surface area contributed by atoms with Crippen LogP contribution in [0.4, 0.5) is 5.95 Å². The van der Waals surface area contributed by atoms with Crippen LogP contribution in [-0.2, 0) is 10.0 Å². The van der Waals surface area contributed by atoms with Crippen molar-refractivity contribution in [1.82, 2.24) is 29.8 Å². The van der Waals surface area contributed by atoms with Crippen molar-refractivity contribution in [2.45, 2.75) is 25.1 Å². The molecule has 2 atom stereocenters. The fourth-order valence-electron chi connectivity index (χ4n) is 4.09. The van der Waals surface area contributed by atoms with Gasteiger partial charge in [0.15, 0.2) is 0 Å². The third-order valence-corrected chi connectivity index (χ3v) is 7.88. The standard InChI is InChI=1S/C26H31N7O5S/c1-16-13-28-25(29-14-16)23(27-3)17(2)39(34,35)32-26-30-15-19(18-9-7-12-22(31-18)38-6)33(26)24-20(36-4)10-8-11-21(24)37-5/h7-15,17,23,27H,1-6H3,(H,30,32). The van der Waals surface area contributed by atoms with E-state index in [0.717, 1.165) is 5.56 Å². The van der Waals surface area contributed by atoms with Crippen LogP contribution >= 0.6 is 0 Å². The van der Waals surface area contributed by atoms with Crippen molar-refractivity contribution in [2.75, 3.05) is 33.1 Å². The van der Waals surface area contributed by atoms with Crippen LogP contribution in [0.15, 0.2) is 55.0 Å². The topological polar surface area (TPSA) is 142 Å². The van der Waals surface area contributed by atoms with Crippen molar-refractivity contribution in [3.8, 4) is 34.5 Å². The van der Waals surface area contributed by atoms with Gasteiger partial charge in [-0.05, 0) is 44.7 Å². The summed E-state index contributed by atoms with van der Waals surface area (Å²) in [5, 5.41) is 2.04. The number of nitrogens with one attached hydrogen (secondary N) is 2. The largest absolute Gasteiger partial charge is 0.494 e. The van der Waals surface area contributed by atoms with Gasteiger partial charge >= 0.3 is 0 Å². The van der Waals surface area contributed by atoms with E-state index < -0.39 is 21.3 Å². The number of para-hydroxylation sites is 1. The Morgan fingerprint density at radius 2 is 1.54 bits per heavy atom. The Labute approximate surface area is 227 Å². The third-order valence-electron chi connectivity index (χ3n) is 6.16. The molecule has 2 unspecified atom stereocenters. The van der Waals surface area contributed by atoms with E-state index in [2.05, 4.69) is 30.0 Å². The number of rotatable bonds is 11. The van der Waals surface area contributed by atoms with E-state index in [4.69, 9.17) is 14.2 Å². The molecule has 0 fully saturated rings. The lowest BCUT2D eigenvalue weighted by atomic mass is 10.2. The van der Waals surface area contributed by atoms with Crippen LogP contribution in [0.1, 0.15) is 24.4 Å². The second-order valence-corrected chi connectivity index (χ2v) is 10.7. The number of methoxy groups -OCH3 is 3. The maximum absolute atomic E-state index is 13.7. The van der Waals surface area contributed by atoms with Crippen molar-refractivity contribution in [3.05, 3.63) is 66.4 Å². The average Bonchev–Trinajstić information content (AvgIpc) is 3.35. The predicted octanol–water partition coefficient (Wildman–Crippen LogP) is 3.15. The molecule has 39 heavy (non-hydrogen) atoms. The van der Waals surface area contributed by atoms with E-state index in [9.17, 15) is 8.42 Å². The zero-order chi connectivity index (χ0) is 28.2. The predicted molar refractivity (Wildman–Crippen MR) is 147 cm³/mol. The Balaban J connectivity index is 1.85. The highest BCUT2D eigenvalue weighted by atomic mass is 32.2. The number of imidazole rings is 1. The molecule has 2 N–H and O–H groups in total. The lowest BCUT2D eigenvalue weighted by molar-refractivity contribution is 0.391. The van der Waals surface area contributed by atoms with Crippen molar-refractivity contribution < 1.29 is 22.6 Å². The number of aryl methyl sites for hydroxylation is 1. The molecule has 0 saturated heterocycles. The van der Waals surface area contributed by atoms with Gasteiger partial charge in [0, 0.05) is 18.5 Å². The first kappa shape index (κ1) is 27.8. The molecule has 13 heteroatoms. The summed E-state index contributed by atoms with van der Waals surface area (Å²) >= 11 is 0. The number of aromatic nitrogens is 5. The summed E-state index contributed by atoms with van der Waals surface area (Å²) in [5.41, 5.74) is 2.29. The van der Waals surface area contributed by atoms with E-state index in [1.54, 1.807) is 67.3 Å². The van der Waals surface area contributed by atoms with E-state index in [0.29, 0.717) is 40.3 Å². The second-order valence-electron chi connectivity index (χ2n) is 8.62. The number of hydrogen-bond donors (Lipinski definition) is 2. The zero-order valence-electron chi connectivity index (χ0n) is 22.5. The Hall–Kier alpha value is -4.23. The number of anilines is 1. The molecule has 0 aliphatic rings. The van der Waals surface area contributed by atoms with Gasteiger partial charge in [0.05, 0.1) is 45.0 Å². The summed E-state index contributed by atoms with van der Waals surface area (Å²) in [6.45, 7) is 3.44. The molecule has 4 aromatic rings. The maximum atomic E-state index is 13.7. The molecular weight excluding hydrogens is 522 g/mol. The van der Waals surface area contributed by atoms with Crippen molar-refractivity contribution in [3.63, 3.8) is 0 Å². The van der Waals surface area contributed by atoms with E-state index in [1.165, 1.54) is 27.5 Å². The quantitative estimate of drug-likeness (QED) is 0.284. The Morgan fingerprint density at radius 1 is 0.897 bits per heavy atom. The molecule has 206 valence electrons. The Kier molecular flexibility index (Phi) is 8.31. The molecule has 12 nitrogen and oxygen atoms in total. The van der Waals surface area contributed by atoms with E-state index in [-0.39, 0.29) is 5.95 Å². The Bertz CT molecular complexity index is 1520. The van der Waals surface area contributed by atoms with Gasteiger partial charge in [0.1, 0.15) is 28.3 Å². The van der Waals surface area contributed by atoms with Gasteiger partial charge in [-0.2, -0.15) is 0 Å². The molecule has 0 aliphatic heterocycles. The zero-order valence-corrected chi connectivity index (χ0v) is 23.4. The van der Waals surface area contributed by atoms with Gasteiger partial charge in [-0.25, -0.2) is 28.4 Å².